The number of halogens is 1. The largest absolute Gasteiger partial charge is 0.478 e. The van der Waals surface area contributed by atoms with Gasteiger partial charge in [0, 0.05) is 10.0 Å². The zero-order chi connectivity index (χ0) is 11.7. The van der Waals surface area contributed by atoms with Gasteiger partial charge in [-0.05, 0) is 52.7 Å². The molecule has 82 valence electrons. The van der Waals surface area contributed by atoms with Crippen LogP contribution in [0.2, 0.25) is 0 Å². The minimum Gasteiger partial charge on any atom is -0.478 e. The number of hydrogen-bond acceptors (Lipinski definition) is 2. The summed E-state index contributed by atoms with van der Waals surface area (Å²) in [6.07, 6.45) is 1.57. The second kappa shape index (κ2) is 4.14. The van der Waals surface area contributed by atoms with E-state index in [0.717, 1.165) is 11.1 Å². The van der Waals surface area contributed by atoms with Gasteiger partial charge in [-0.25, -0.2) is 4.79 Å². The molecule has 0 saturated carbocycles. The molecule has 4 heteroatoms. The van der Waals surface area contributed by atoms with E-state index in [4.69, 9.17) is 9.52 Å². The Morgan fingerprint density at radius 2 is 2.19 bits per heavy atom. The van der Waals surface area contributed by atoms with Gasteiger partial charge >= 0.3 is 5.97 Å². The molecule has 0 amide bonds. The molecule has 0 saturated heterocycles. The fraction of sp³-hybridized carbons (Fsp3) is 0.0833. The Hall–Kier alpha value is -1.55. The second-order valence-electron chi connectivity index (χ2n) is 3.43. The number of hydrogen-bond donors (Lipinski definition) is 1. The highest BCUT2D eigenvalue weighted by Gasteiger charge is 2.13. The van der Waals surface area contributed by atoms with Crippen LogP contribution in [0.5, 0.6) is 0 Å². The smallest absolute Gasteiger partial charge is 0.336 e. The lowest BCUT2D eigenvalue weighted by molar-refractivity contribution is 0.0696. The molecule has 3 nitrogen and oxygen atoms in total. The predicted octanol–water partition coefficient (Wildman–Crippen LogP) is 3.72. The van der Waals surface area contributed by atoms with Crippen LogP contribution >= 0.6 is 15.9 Å². The summed E-state index contributed by atoms with van der Waals surface area (Å²) in [5.41, 5.74) is 1.99. The zero-order valence-corrected chi connectivity index (χ0v) is 10.1. The van der Waals surface area contributed by atoms with Crippen LogP contribution in [-0.4, -0.2) is 11.1 Å². The fourth-order valence-electron chi connectivity index (χ4n) is 1.53. The SMILES string of the molecule is Cc1cc(Br)c(C(=O)O)cc1-c1ccco1. The summed E-state index contributed by atoms with van der Waals surface area (Å²) in [5, 5.41) is 9.02. The Labute approximate surface area is 101 Å². The molecular formula is C12H9BrO3. The van der Waals surface area contributed by atoms with Crippen molar-refractivity contribution in [3.05, 3.63) is 46.1 Å². The van der Waals surface area contributed by atoms with Crippen molar-refractivity contribution in [2.45, 2.75) is 6.92 Å². The van der Waals surface area contributed by atoms with Gasteiger partial charge in [-0.2, -0.15) is 0 Å². The Morgan fingerprint density at radius 3 is 2.75 bits per heavy atom. The number of aryl methyl sites for hydroxylation is 1. The summed E-state index contributed by atoms with van der Waals surface area (Å²) >= 11 is 3.23. The maximum absolute atomic E-state index is 11.0. The van der Waals surface area contributed by atoms with Crippen LogP contribution in [0.3, 0.4) is 0 Å². The van der Waals surface area contributed by atoms with Gasteiger partial charge in [0.1, 0.15) is 5.76 Å². The number of aromatic carboxylic acids is 1. The minimum absolute atomic E-state index is 0.233. The number of furan rings is 1. The topological polar surface area (TPSA) is 50.4 Å². The maximum atomic E-state index is 11.0. The molecule has 1 aromatic heterocycles. The van der Waals surface area contributed by atoms with Crippen molar-refractivity contribution in [2.75, 3.05) is 0 Å². The summed E-state index contributed by atoms with van der Waals surface area (Å²) in [4.78, 5) is 11.0. The molecule has 0 unspecified atom stereocenters. The molecule has 1 N–H and O–H groups in total. The number of rotatable bonds is 2. The summed E-state index contributed by atoms with van der Waals surface area (Å²) in [6.45, 7) is 1.91. The Kier molecular flexibility index (Phi) is 2.83. The molecule has 0 aliphatic heterocycles. The molecule has 16 heavy (non-hydrogen) atoms. The number of carbonyl (C=O) groups is 1. The average Bonchev–Trinajstić information content (AvgIpc) is 2.70. The van der Waals surface area contributed by atoms with Gasteiger partial charge in [0.25, 0.3) is 0 Å². The molecule has 0 fully saturated rings. The lowest BCUT2D eigenvalue weighted by atomic mass is 10.0. The normalized spacial score (nSPS) is 10.4. The first-order chi connectivity index (χ1) is 7.59. The van der Waals surface area contributed by atoms with Crippen molar-refractivity contribution in [1.29, 1.82) is 0 Å². The Bertz CT molecular complexity index is 529. The van der Waals surface area contributed by atoms with Crippen LogP contribution in [0.1, 0.15) is 15.9 Å². The highest BCUT2D eigenvalue weighted by Crippen LogP contribution is 2.29. The van der Waals surface area contributed by atoms with Crippen molar-refractivity contribution in [3.63, 3.8) is 0 Å². The molecule has 0 aliphatic rings. The van der Waals surface area contributed by atoms with Crippen LogP contribution in [0.25, 0.3) is 11.3 Å². The number of carboxylic acid groups (broad SMARTS) is 1. The zero-order valence-electron chi connectivity index (χ0n) is 8.53. The van der Waals surface area contributed by atoms with Gasteiger partial charge in [-0.3, -0.25) is 0 Å². The van der Waals surface area contributed by atoms with Crippen LogP contribution < -0.4 is 0 Å². The Balaban J connectivity index is 2.63. The monoisotopic (exact) mass is 280 g/mol. The third-order valence-electron chi connectivity index (χ3n) is 2.33. The van der Waals surface area contributed by atoms with Gasteiger partial charge < -0.3 is 9.52 Å². The van der Waals surface area contributed by atoms with Crippen molar-refractivity contribution in [3.8, 4) is 11.3 Å². The van der Waals surface area contributed by atoms with E-state index in [-0.39, 0.29) is 5.56 Å². The van der Waals surface area contributed by atoms with Crippen LogP contribution in [0.15, 0.2) is 39.4 Å². The first kappa shape index (κ1) is 11.0. The molecule has 0 bridgehead atoms. The van der Waals surface area contributed by atoms with Crippen molar-refractivity contribution >= 4 is 21.9 Å². The highest BCUT2D eigenvalue weighted by atomic mass is 79.9. The molecule has 2 aromatic rings. The molecule has 0 spiro atoms. The van der Waals surface area contributed by atoms with Gasteiger partial charge in [0.15, 0.2) is 0 Å². The third-order valence-corrected chi connectivity index (χ3v) is 2.99. The molecule has 2 rings (SSSR count). The van der Waals surface area contributed by atoms with Crippen LogP contribution in [0.4, 0.5) is 0 Å². The minimum atomic E-state index is -0.959. The summed E-state index contributed by atoms with van der Waals surface area (Å²) in [5.74, 6) is -0.285. The highest BCUT2D eigenvalue weighted by molar-refractivity contribution is 9.10. The quantitative estimate of drug-likeness (QED) is 0.912. The van der Waals surface area contributed by atoms with Gasteiger partial charge in [0.2, 0.25) is 0 Å². The Morgan fingerprint density at radius 1 is 1.44 bits per heavy atom. The van der Waals surface area contributed by atoms with E-state index in [0.29, 0.717) is 10.2 Å². The van der Waals surface area contributed by atoms with E-state index in [9.17, 15) is 4.79 Å². The van der Waals surface area contributed by atoms with Gasteiger partial charge in [-0.15, -0.1) is 0 Å². The van der Waals surface area contributed by atoms with E-state index in [1.165, 1.54) is 0 Å². The summed E-state index contributed by atoms with van der Waals surface area (Å²) in [6, 6.07) is 6.97. The third kappa shape index (κ3) is 1.88. The molecule has 0 aliphatic carbocycles. The predicted molar refractivity (Wildman–Crippen MR) is 63.5 cm³/mol. The molecule has 0 atom stereocenters. The van der Waals surface area contributed by atoms with E-state index in [2.05, 4.69) is 15.9 Å². The van der Waals surface area contributed by atoms with Crippen molar-refractivity contribution in [2.24, 2.45) is 0 Å². The maximum Gasteiger partial charge on any atom is 0.336 e. The fourth-order valence-corrected chi connectivity index (χ4v) is 2.16. The number of carboxylic acids is 1. The lowest BCUT2D eigenvalue weighted by Crippen LogP contribution is -1.99. The van der Waals surface area contributed by atoms with E-state index < -0.39 is 5.97 Å². The van der Waals surface area contributed by atoms with Crippen LogP contribution in [0, 0.1) is 6.92 Å². The first-order valence-corrected chi connectivity index (χ1v) is 5.46. The van der Waals surface area contributed by atoms with Gasteiger partial charge in [0.05, 0.1) is 11.8 Å². The summed E-state index contributed by atoms with van der Waals surface area (Å²) in [7, 11) is 0. The standard InChI is InChI=1S/C12H9BrO3/c1-7-5-10(13)9(12(14)15)6-8(7)11-3-2-4-16-11/h2-6H,1H3,(H,14,15). The first-order valence-electron chi connectivity index (χ1n) is 4.67. The van der Waals surface area contributed by atoms with E-state index in [1.807, 2.05) is 13.0 Å². The second-order valence-corrected chi connectivity index (χ2v) is 4.28. The molecular weight excluding hydrogens is 272 g/mol. The average molecular weight is 281 g/mol. The number of benzene rings is 1. The van der Waals surface area contributed by atoms with Crippen LogP contribution in [-0.2, 0) is 0 Å². The molecule has 0 radical (unpaired) electrons. The van der Waals surface area contributed by atoms with E-state index in [1.54, 1.807) is 24.5 Å². The lowest BCUT2D eigenvalue weighted by Gasteiger charge is -2.06. The summed E-state index contributed by atoms with van der Waals surface area (Å²) < 4.78 is 5.84. The van der Waals surface area contributed by atoms with E-state index >= 15 is 0 Å². The van der Waals surface area contributed by atoms with Crippen molar-refractivity contribution < 1.29 is 14.3 Å². The molecule has 1 heterocycles. The van der Waals surface area contributed by atoms with Gasteiger partial charge in [-0.1, -0.05) is 0 Å². The molecule has 1 aromatic carbocycles. The van der Waals surface area contributed by atoms with Crippen molar-refractivity contribution in [1.82, 2.24) is 0 Å².